The van der Waals surface area contributed by atoms with Gasteiger partial charge < -0.3 is 9.47 Å². The molecule has 2 atom stereocenters. The van der Waals surface area contributed by atoms with Gasteiger partial charge in [0.2, 0.25) is 10.0 Å². The van der Waals surface area contributed by atoms with Crippen LogP contribution in [0.25, 0.3) is 11.3 Å². The Hall–Kier alpha value is -2.95. The van der Waals surface area contributed by atoms with Crippen molar-refractivity contribution in [1.29, 1.82) is 0 Å². The summed E-state index contributed by atoms with van der Waals surface area (Å²) in [5.74, 6) is 1.49. The molecule has 1 amide bonds. The molecule has 0 spiro atoms. The predicted octanol–water partition coefficient (Wildman–Crippen LogP) is 4.75. The van der Waals surface area contributed by atoms with Crippen LogP contribution in [0.5, 0.6) is 11.5 Å². The van der Waals surface area contributed by atoms with Gasteiger partial charge in [-0.3, -0.25) is 10.1 Å². The van der Waals surface area contributed by atoms with E-state index in [1.807, 2.05) is 17.5 Å². The van der Waals surface area contributed by atoms with Crippen LogP contribution in [0.2, 0.25) is 0 Å². The number of thiazole rings is 1. The standard InChI is InChI=1S/C25H29N3O5S2/c1-16-11-17(2)14-28(13-16)35(30,31)20-8-5-18(6-9-20)24(29)27-25-26-21(15-34-25)19-7-10-22(32-3)23(12-19)33-4/h5-10,12,15-17H,11,13-14H2,1-4H3,(H,26,27,29)/t16-,17+. The van der Waals surface area contributed by atoms with E-state index in [2.05, 4.69) is 24.1 Å². The van der Waals surface area contributed by atoms with Gasteiger partial charge in [0.05, 0.1) is 24.8 Å². The maximum atomic E-state index is 13.1. The first kappa shape index (κ1) is 25.2. The number of carbonyl (C=O) groups is 1. The number of nitrogens with zero attached hydrogens (tertiary/aromatic N) is 2. The van der Waals surface area contributed by atoms with E-state index in [9.17, 15) is 13.2 Å². The zero-order chi connectivity index (χ0) is 25.2. The molecular weight excluding hydrogens is 486 g/mol. The second-order valence-corrected chi connectivity index (χ2v) is 11.7. The Morgan fingerprint density at radius 1 is 1.03 bits per heavy atom. The zero-order valence-corrected chi connectivity index (χ0v) is 21.8. The zero-order valence-electron chi connectivity index (χ0n) is 20.1. The number of aromatic nitrogens is 1. The van der Waals surface area contributed by atoms with Crippen molar-refractivity contribution < 1.29 is 22.7 Å². The van der Waals surface area contributed by atoms with Crippen LogP contribution < -0.4 is 14.8 Å². The molecule has 0 bridgehead atoms. The molecular formula is C25H29N3O5S2. The number of amides is 1. The van der Waals surface area contributed by atoms with E-state index in [0.29, 0.717) is 52.8 Å². The molecule has 8 nitrogen and oxygen atoms in total. The third-order valence-corrected chi connectivity index (χ3v) is 8.60. The second kappa shape index (κ2) is 10.3. The fourth-order valence-corrected chi connectivity index (χ4v) is 6.75. The largest absolute Gasteiger partial charge is 0.493 e. The van der Waals surface area contributed by atoms with Gasteiger partial charge in [0.15, 0.2) is 16.6 Å². The van der Waals surface area contributed by atoms with Gasteiger partial charge in [-0.05, 0) is 60.7 Å². The molecule has 2 heterocycles. The highest BCUT2D eigenvalue weighted by molar-refractivity contribution is 7.89. The number of hydrogen-bond donors (Lipinski definition) is 1. The van der Waals surface area contributed by atoms with Gasteiger partial charge >= 0.3 is 0 Å². The van der Waals surface area contributed by atoms with Gasteiger partial charge in [-0.25, -0.2) is 13.4 Å². The molecule has 4 rings (SSSR count). The predicted molar refractivity (Wildman–Crippen MR) is 137 cm³/mol. The maximum absolute atomic E-state index is 13.1. The number of anilines is 1. The minimum atomic E-state index is -3.60. The number of sulfonamides is 1. The van der Waals surface area contributed by atoms with Crippen LogP contribution in [0, 0.1) is 11.8 Å². The Bertz CT molecular complexity index is 1290. The number of nitrogens with one attached hydrogen (secondary N) is 1. The maximum Gasteiger partial charge on any atom is 0.257 e. The minimum absolute atomic E-state index is 0.195. The molecule has 1 N–H and O–H groups in total. The van der Waals surface area contributed by atoms with Crippen LogP contribution in [-0.2, 0) is 10.0 Å². The van der Waals surface area contributed by atoms with Gasteiger partial charge in [-0.1, -0.05) is 13.8 Å². The summed E-state index contributed by atoms with van der Waals surface area (Å²) >= 11 is 1.30. The van der Waals surface area contributed by atoms with Gasteiger partial charge in [0.25, 0.3) is 5.91 Å². The first-order valence-corrected chi connectivity index (χ1v) is 13.6. The molecule has 1 aliphatic rings. The van der Waals surface area contributed by atoms with Crippen molar-refractivity contribution in [1.82, 2.24) is 9.29 Å². The summed E-state index contributed by atoms with van der Waals surface area (Å²) in [7, 11) is -0.453. The van der Waals surface area contributed by atoms with E-state index < -0.39 is 10.0 Å². The summed E-state index contributed by atoms with van der Waals surface area (Å²) in [6, 6.07) is 11.5. The highest BCUT2D eigenvalue weighted by atomic mass is 32.2. The fraction of sp³-hybridized carbons (Fsp3) is 0.360. The number of ether oxygens (including phenoxy) is 2. The van der Waals surface area contributed by atoms with Crippen molar-refractivity contribution in [2.45, 2.75) is 25.2 Å². The Kier molecular flexibility index (Phi) is 7.44. The van der Waals surface area contributed by atoms with E-state index in [-0.39, 0.29) is 10.8 Å². The molecule has 1 fully saturated rings. The van der Waals surface area contributed by atoms with E-state index in [1.54, 1.807) is 24.6 Å². The summed E-state index contributed by atoms with van der Waals surface area (Å²) in [5, 5.41) is 5.06. The van der Waals surface area contributed by atoms with Crippen molar-refractivity contribution in [3.63, 3.8) is 0 Å². The first-order chi connectivity index (χ1) is 16.7. The lowest BCUT2D eigenvalue weighted by Crippen LogP contribution is -2.42. The molecule has 2 aromatic carbocycles. The number of benzene rings is 2. The number of rotatable bonds is 7. The minimum Gasteiger partial charge on any atom is -0.493 e. The Labute approximate surface area is 210 Å². The smallest absolute Gasteiger partial charge is 0.257 e. The number of methoxy groups -OCH3 is 2. The number of carbonyl (C=O) groups excluding carboxylic acids is 1. The quantitative estimate of drug-likeness (QED) is 0.488. The average Bonchev–Trinajstić information content (AvgIpc) is 3.31. The molecule has 0 aliphatic carbocycles. The molecule has 0 radical (unpaired) electrons. The van der Waals surface area contributed by atoms with Gasteiger partial charge in [-0.15, -0.1) is 11.3 Å². The molecule has 1 aliphatic heterocycles. The summed E-state index contributed by atoms with van der Waals surface area (Å²) < 4.78 is 38.3. The van der Waals surface area contributed by atoms with Crippen molar-refractivity contribution in [3.05, 3.63) is 53.4 Å². The van der Waals surface area contributed by atoms with Gasteiger partial charge in [-0.2, -0.15) is 4.31 Å². The molecule has 1 saturated heterocycles. The van der Waals surface area contributed by atoms with Crippen molar-refractivity contribution in [3.8, 4) is 22.8 Å². The SMILES string of the molecule is COc1ccc(-c2csc(NC(=O)c3ccc(S(=O)(=O)N4C[C@H](C)C[C@H](C)C4)cc3)n2)cc1OC. The lowest BCUT2D eigenvalue weighted by molar-refractivity contribution is 0.102. The third-order valence-electron chi connectivity index (χ3n) is 5.99. The first-order valence-electron chi connectivity index (χ1n) is 11.3. The molecule has 35 heavy (non-hydrogen) atoms. The fourth-order valence-electron chi connectivity index (χ4n) is 4.36. The van der Waals surface area contributed by atoms with Crippen molar-refractivity contribution >= 4 is 32.4 Å². The van der Waals surface area contributed by atoms with Crippen molar-refractivity contribution in [2.75, 3.05) is 32.6 Å². The van der Waals surface area contributed by atoms with Crippen LogP contribution in [0.4, 0.5) is 5.13 Å². The van der Waals surface area contributed by atoms with Crippen LogP contribution in [0.3, 0.4) is 0 Å². The molecule has 186 valence electrons. The lowest BCUT2D eigenvalue weighted by atomic mass is 9.94. The van der Waals surface area contributed by atoms with Crippen molar-refractivity contribution in [2.24, 2.45) is 11.8 Å². The van der Waals surface area contributed by atoms with E-state index in [4.69, 9.17) is 9.47 Å². The molecule has 10 heteroatoms. The van der Waals surface area contributed by atoms with Gasteiger partial charge in [0.1, 0.15) is 0 Å². The summed E-state index contributed by atoms with van der Waals surface area (Å²) in [4.78, 5) is 17.4. The average molecular weight is 516 g/mol. The Morgan fingerprint density at radius 2 is 1.69 bits per heavy atom. The van der Waals surface area contributed by atoms with Crippen LogP contribution in [-0.4, -0.2) is 50.9 Å². The molecule has 0 unspecified atom stereocenters. The summed E-state index contributed by atoms with van der Waals surface area (Å²) in [6.45, 7) is 5.17. The monoisotopic (exact) mass is 515 g/mol. The number of hydrogen-bond acceptors (Lipinski definition) is 7. The van der Waals surface area contributed by atoms with E-state index >= 15 is 0 Å². The summed E-state index contributed by atoms with van der Waals surface area (Å²) in [6.07, 6.45) is 1.02. The van der Waals surface area contributed by atoms with Crippen LogP contribution in [0.1, 0.15) is 30.6 Å². The second-order valence-electron chi connectivity index (χ2n) is 8.85. The van der Waals surface area contributed by atoms with Gasteiger partial charge in [0, 0.05) is 29.6 Å². The molecule has 0 saturated carbocycles. The molecule has 3 aromatic rings. The summed E-state index contributed by atoms with van der Waals surface area (Å²) in [5.41, 5.74) is 1.88. The number of piperidine rings is 1. The normalized spacial score (nSPS) is 18.7. The highest BCUT2D eigenvalue weighted by Crippen LogP contribution is 2.33. The highest BCUT2D eigenvalue weighted by Gasteiger charge is 2.31. The third kappa shape index (κ3) is 5.50. The topological polar surface area (TPSA) is 97.8 Å². The van der Waals surface area contributed by atoms with E-state index in [0.717, 1.165) is 12.0 Å². The van der Waals surface area contributed by atoms with Crippen LogP contribution >= 0.6 is 11.3 Å². The van der Waals surface area contributed by atoms with E-state index in [1.165, 1.54) is 35.6 Å². The lowest BCUT2D eigenvalue weighted by Gasteiger charge is -2.34. The Balaban J connectivity index is 1.45. The Morgan fingerprint density at radius 3 is 2.31 bits per heavy atom. The van der Waals surface area contributed by atoms with Crippen LogP contribution in [0.15, 0.2) is 52.7 Å². The molecule has 1 aromatic heterocycles.